The number of nitrogens with zero attached hydrogens (tertiary/aromatic N) is 3. The topological polar surface area (TPSA) is 131 Å². The highest BCUT2D eigenvalue weighted by atomic mass is 79.9. The summed E-state index contributed by atoms with van der Waals surface area (Å²) >= 11 is 3.37. The van der Waals surface area contributed by atoms with Gasteiger partial charge in [-0.2, -0.15) is 15.0 Å². The molecule has 1 aromatic heterocycles. The number of carbonyl (C=O) groups is 1. The molecular formula is C29H31BrN6O4. The number of para-hydroxylation sites is 1. The fraction of sp³-hybridized carbons (Fsp3) is 0.241. The molecule has 208 valence electrons. The van der Waals surface area contributed by atoms with E-state index in [4.69, 9.17) is 9.47 Å². The first-order chi connectivity index (χ1) is 19.5. The van der Waals surface area contributed by atoms with Crippen LogP contribution in [-0.4, -0.2) is 58.8 Å². The molecule has 40 heavy (non-hydrogen) atoms. The maximum atomic E-state index is 12.2. The first-order valence-corrected chi connectivity index (χ1v) is 13.7. The largest absolute Gasteiger partial charge is 0.508 e. The van der Waals surface area contributed by atoms with Crippen molar-refractivity contribution in [2.45, 2.75) is 12.8 Å². The molecule has 4 aromatic rings. The third-order valence-corrected chi connectivity index (χ3v) is 6.08. The number of ketones is 1. The zero-order valence-corrected chi connectivity index (χ0v) is 23.4. The van der Waals surface area contributed by atoms with Crippen molar-refractivity contribution in [2.75, 3.05) is 48.9 Å². The van der Waals surface area contributed by atoms with Crippen molar-refractivity contribution in [3.05, 3.63) is 88.9 Å². The van der Waals surface area contributed by atoms with Crippen molar-refractivity contribution in [3.63, 3.8) is 0 Å². The molecule has 4 N–H and O–H groups in total. The Balaban J connectivity index is 1.17. The van der Waals surface area contributed by atoms with Crippen molar-refractivity contribution in [1.29, 1.82) is 0 Å². The number of anilines is 5. The second kappa shape index (κ2) is 15.5. The van der Waals surface area contributed by atoms with Crippen molar-refractivity contribution < 1.29 is 19.4 Å². The highest BCUT2D eigenvalue weighted by Gasteiger charge is 2.08. The van der Waals surface area contributed by atoms with Crippen LogP contribution in [0, 0.1) is 0 Å². The van der Waals surface area contributed by atoms with Crippen molar-refractivity contribution in [3.8, 4) is 5.75 Å². The normalized spacial score (nSPS) is 10.7. The molecule has 0 saturated heterocycles. The molecule has 3 aromatic carbocycles. The molecular weight excluding hydrogens is 576 g/mol. The van der Waals surface area contributed by atoms with E-state index in [0.717, 1.165) is 15.8 Å². The molecule has 10 nitrogen and oxygen atoms in total. The molecule has 0 aliphatic carbocycles. The predicted molar refractivity (Wildman–Crippen MR) is 159 cm³/mol. The Hall–Kier alpha value is -4.06. The molecule has 0 fully saturated rings. The van der Waals surface area contributed by atoms with Crippen LogP contribution in [0.2, 0.25) is 0 Å². The van der Waals surface area contributed by atoms with Gasteiger partial charge in [-0.25, -0.2) is 0 Å². The third kappa shape index (κ3) is 9.92. The number of hydrogen-bond acceptors (Lipinski definition) is 10. The van der Waals surface area contributed by atoms with E-state index in [1.165, 1.54) is 0 Å². The van der Waals surface area contributed by atoms with Gasteiger partial charge in [0.25, 0.3) is 0 Å². The first kappa shape index (κ1) is 28.9. The lowest BCUT2D eigenvalue weighted by molar-refractivity contribution is 0.0497. The second-order valence-corrected chi connectivity index (χ2v) is 9.57. The minimum Gasteiger partial charge on any atom is -0.508 e. The average Bonchev–Trinajstić information content (AvgIpc) is 2.96. The van der Waals surface area contributed by atoms with E-state index in [-0.39, 0.29) is 11.5 Å². The van der Waals surface area contributed by atoms with E-state index in [1.807, 2.05) is 54.6 Å². The Bertz CT molecular complexity index is 1340. The van der Waals surface area contributed by atoms with Gasteiger partial charge in [-0.1, -0.05) is 46.3 Å². The maximum Gasteiger partial charge on any atom is 0.233 e. The molecule has 0 spiro atoms. The SMILES string of the molecule is O=C(CCCOCCOCCNc1nc(Nc2ccccc2)nc(Nc2ccc(O)cc2)n1)c1ccc(Br)cc1. The summed E-state index contributed by atoms with van der Waals surface area (Å²) < 4.78 is 12.2. The first-order valence-electron chi connectivity index (χ1n) is 12.9. The number of nitrogens with one attached hydrogen (secondary N) is 3. The van der Waals surface area contributed by atoms with Gasteiger partial charge in [0.1, 0.15) is 5.75 Å². The summed E-state index contributed by atoms with van der Waals surface area (Å²) in [5.41, 5.74) is 2.28. The van der Waals surface area contributed by atoms with E-state index in [0.29, 0.717) is 69.2 Å². The second-order valence-electron chi connectivity index (χ2n) is 8.65. The molecule has 1 heterocycles. The number of halogens is 1. The summed E-state index contributed by atoms with van der Waals surface area (Å²) in [5.74, 6) is 1.38. The Morgan fingerprint density at radius 3 is 2.00 bits per heavy atom. The highest BCUT2D eigenvalue weighted by molar-refractivity contribution is 9.10. The van der Waals surface area contributed by atoms with Crippen LogP contribution in [0.3, 0.4) is 0 Å². The van der Waals surface area contributed by atoms with E-state index >= 15 is 0 Å². The summed E-state index contributed by atoms with van der Waals surface area (Å²) in [5, 5.41) is 19.0. The number of aromatic hydroxyl groups is 1. The fourth-order valence-electron chi connectivity index (χ4n) is 3.56. The smallest absolute Gasteiger partial charge is 0.233 e. The number of Topliss-reactive ketones (excluding diaryl/α,β-unsaturated/α-hetero) is 1. The molecule has 11 heteroatoms. The minimum atomic E-state index is 0.111. The maximum absolute atomic E-state index is 12.2. The molecule has 0 bridgehead atoms. The summed E-state index contributed by atoms with van der Waals surface area (Å²) in [6, 6.07) is 23.6. The van der Waals surface area contributed by atoms with E-state index in [2.05, 4.69) is 46.8 Å². The zero-order valence-electron chi connectivity index (χ0n) is 21.8. The van der Waals surface area contributed by atoms with Crippen LogP contribution >= 0.6 is 15.9 Å². The Morgan fingerprint density at radius 2 is 1.32 bits per heavy atom. The van der Waals surface area contributed by atoms with Crippen LogP contribution in [-0.2, 0) is 9.47 Å². The van der Waals surface area contributed by atoms with Crippen molar-refractivity contribution >= 4 is 50.9 Å². The van der Waals surface area contributed by atoms with E-state index < -0.39 is 0 Å². The number of aromatic nitrogens is 3. The van der Waals surface area contributed by atoms with E-state index in [9.17, 15) is 9.90 Å². The van der Waals surface area contributed by atoms with E-state index in [1.54, 1.807) is 24.3 Å². The molecule has 0 atom stereocenters. The van der Waals surface area contributed by atoms with Gasteiger partial charge < -0.3 is 30.5 Å². The predicted octanol–water partition coefficient (Wildman–Crippen LogP) is 5.94. The van der Waals surface area contributed by atoms with Gasteiger partial charge in [-0.15, -0.1) is 0 Å². The fourth-order valence-corrected chi connectivity index (χ4v) is 3.83. The summed E-state index contributed by atoms with van der Waals surface area (Å²) in [6.07, 6.45) is 1.11. The number of hydrogen-bond donors (Lipinski definition) is 4. The Labute approximate surface area is 241 Å². The van der Waals surface area contributed by atoms with Gasteiger partial charge in [-0.3, -0.25) is 4.79 Å². The van der Waals surface area contributed by atoms with Gasteiger partial charge in [0.05, 0.1) is 19.8 Å². The molecule has 0 saturated carbocycles. The van der Waals surface area contributed by atoms with Gasteiger partial charge in [0.15, 0.2) is 5.78 Å². The van der Waals surface area contributed by atoms with Crippen molar-refractivity contribution in [2.24, 2.45) is 0 Å². The van der Waals surface area contributed by atoms with Crippen LogP contribution in [0.5, 0.6) is 5.75 Å². The molecule has 4 rings (SSSR count). The zero-order chi connectivity index (χ0) is 28.0. The lowest BCUT2D eigenvalue weighted by Crippen LogP contribution is -2.15. The van der Waals surface area contributed by atoms with Crippen molar-refractivity contribution in [1.82, 2.24) is 15.0 Å². The monoisotopic (exact) mass is 606 g/mol. The van der Waals surface area contributed by atoms with Crippen LogP contribution in [0.25, 0.3) is 0 Å². The molecule has 0 unspecified atom stereocenters. The minimum absolute atomic E-state index is 0.111. The van der Waals surface area contributed by atoms with Gasteiger partial charge in [-0.05, 0) is 55.0 Å². The molecule has 0 aliphatic heterocycles. The summed E-state index contributed by atoms with van der Waals surface area (Å²) in [6.45, 7) is 2.30. The Morgan fingerprint density at radius 1 is 0.725 bits per heavy atom. The number of rotatable bonds is 16. The number of ether oxygens (including phenoxy) is 2. The van der Waals surface area contributed by atoms with Crippen LogP contribution in [0.15, 0.2) is 83.3 Å². The van der Waals surface area contributed by atoms with Crippen LogP contribution in [0.1, 0.15) is 23.2 Å². The number of phenolic OH excluding ortho intramolecular Hbond substituents is 1. The summed E-state index contributed by atoms with van der Waals surface area (Å²) in [4.78, 5) is 25.5. The lowest BCUT2D eigenvalue weighted by Gasteiger charge is -2.12. The van der Waals surface area contributed by atoms with Gasteiger partial charge in [0.2, 0.25) is 17.8 Å². The molecule has 0 radical (unpaired) electrons. The standard InChI is InChI=1S/C29H31BrN6O4/c30-22-10-8-21(9-11-22)26(38)7-4-17-39-19-20-40-18-16-31-27-34-28(32-23-5-2-1-3-6-23)36-29(35-27)33-24-12-14-25(37)15-13-24/h1-3,5-6,8-15,37H,4,7,16-20H2,(H3,31,32,33,34,35,36). The number of phenols is 1. The van der Waals surface area contributed by atoms with Crippen LogP contribution in [0.4, 0.5) is 29.2 Å². The summed E-state index contributed by atoms with van der Waals surface area (Å²) in [7, 11) is 0. The lowest BCUT2D eigenvalue weighted by atomic mass is 10.1. The van der Waals surface area contributed by atoms with Crippen LogP contribution < -0.4 is 16.0 Å². The number of carbonyl (C=O) groups excluding carboxylic acids is 1. The Kier molecular flexibility index (Phi) is 11.2. The molecule has 0 amide bonds. The van der Waals surface area contributed by atoms with Gasteiger partial charge >= 0.3 is 0 Å². The molecule has 0 aliphatic rings. The highest BCUT2D eigenvalue weighted by Crippen LogP contribution is 2.20. The third-order valence-electron chi connectivity index (χ3n) is 5.55. The average molecular weight is 608 g/mol. The van der Waals surface area contributed by atoms with Gasteiger partial charge in [0, 0.05) is 41.0 Å². The quantitative estimate of drug-likeness (QED) is 0.0690. The number of benzene rings is 3.